The van der Waals surface area contributed by atoms with Crippen molar-refractivity contribution in [3.8, 4) is 0 Å². The van der Waals surface area contributed by atoms with E-state index in [0.717, 1.165) is 20.9 Å². The van der Waals surface area contributed by atoms with E-state index in [2.05, 4.69) is 15.3 Å². The zero-order chi connectivity index (χ0) is 14.5. The first-order valence-electron chi connectivity index (χ1n) is 5.98. The van der Waals surface area contributed by atoms with Crippen LogP contribution in [0.15, 0.2) is 23.4 Å². The third-order valence-electron chi connectivity index (χ3n) is 2.55. The highest BCUT2D eigenvalue weighted by molar-refractivity contribution is 7.11. The Hall–Kier alpha value is -2.22. The lowest BCUT2D eigenvalue weighted by atomic mass is 10.4. The van der Waals surface area contributed by atoms with Crippen LogP contribution in [0, 0.1) is 6.92 Å². The Balaban J connectivity index is 1.99. The van der Waals surface area contributed by atoms with Crippen LogP contribution in [0.5, 0.6) is 0 Å². The van der Waals surface area contributed by atoms with Crippen molar-refractivity contribution in [3.05, 3.63) is 38.8 Å². The molecule has 2 aromatic heterocycles. The molecule has 0 bridgehead atoms. The topological polar surface area (TPSA) is 97.1 Å². The number of anilines is 1. The van der Waals surface area contributed by atoms with Gasteiger partial charge in [-0.05, 0) is 6.92 Å². The Morgan fingerprint density at radius 2 is 2.30 bits per heavy atom. The number of aliphatic carboxylic acids is 1. The Bertz CT molecular complexity index is 665. The molecule has 0 radical (unpaired) electrons. The van der Waals surface area contributed by atoms with Gasteiger partial charge in [0.15, 0.2) is 5.82 Å². The van der Waals surface area contributed by atoms with Gasteiger partial charge in [0.05, 0.1) is 5.01 Å². The van der Waals surface area contributed by atoms with Gasteiger partial charge in [0.25, 0.3) is 5.56 Å². The fourth-order valence-corrected chi connectivity index (χ4v) is 2.46. The summed E-state index contributed by atoms with van der Waals surface area (Å²) in [5.74, 6) is -0.903. The highest BCUT2D eigenvalue weighted by atomic mass is 32.1. The predicted octanol–water partition coefficient (Wildman–Crippen LogP) is 0.747. The van der Waals surface area contributed by atoms with Gasteiger partial charge >= 0.3 is 5.97 Å². The van der Waals surface area contributed by atoms with E-state index in [-0.39, 0.29) is 12.4 Å². The van der Waals surface area contributed by atoms with Gasteiger partial charge in [-0.1, -0.05) is 0 Å². The van der Waals surface area contributed by atoms with E-state index in [9.17, 15) is 9.59 Å². The molecule has 0 saturated carbocycles. The highest BCUT2D eigenvalue weighted by Gasteiger charge is 2.07. The molecule has 0 fully saturated rings. The van der Waals surface area contributed by atoms with Crippen molar-refractivity contribution in [2.45, 2.75) is 19.9 Å². The van der Waals surface area contributed by atoms with Crippen LogP contribution in [-0.4, -0.2) is 32.2 Å². The Morgan fingerprint density at radius 1 is 1.50 bits per heavy atom. The second kappa shape index (κ2) is 6.29. The lowest BCUT2D eigenvalue weighted by Gasteiger charge is -2.06. The first-order valence-corrected chi connectivity index (χ1v) is 6.80. The van der Waals surface area contributed by atoms with Gasteiger partial charge in [0, 0.05) is 36.4 Å². The van der Waals surface area contributed by atoms with E-state index in [1.807, 2.05) is 13.1 Å². The van der Waals surface area contributed by atoms with Crippen LogP contribution in [0.1, 0.15) is 9.88 Å². The summed E-state index contributed by atoms with van der Waals surface area (Å²) in [5, 5.41) is 12.6. The number of aromatic nitrogens is 3. The SMILES string of the molecule is Cc1ncc(CCNc2nccn(CC(=O)O)c2=O)s1. The van der Waals surface area contributed by atoms with Crippen LogP contribution in [-0.2, 0) is 17.8 Å². The summed E-state index contributed by atoms with van der Waals surface area (Å²) >= 11 is 1.61. The standard InChI is InChI=1S/C12H14N4O3S/c1-8-15-6-9(20-8)2-3-13-11-12(19)16(5-4-14-11)7-10(17)18/h4-6H,2-3,7H2,1H3,(H,13,14)(H,17,18). The van der Waals surface area contributed by atoms with Gasteiger partial charge in [0.2, 0.25) is 0 Å². The number of carboxylic acids is 1. The molecule has 106 valence electrons. The largest absolute Gasteiger partial charge is 0.480 e. The Morgan fingerprint density at radius 3 is 2.95 bits per heavy atom. The molecule has 0 aromatic carbocycles. The summed E-state index contributed by atoms with van der Waals surface area (Å²) in [6, 6.07) is 0. The van der Waals surface area contributed by atoms with Gasteiger partial charge in [-0.2, -0.15) is 0 Å². The summed E-state index contributed by atoms with van der Waals surface area (Å²) in [4.78, 5) is 31.7. The van der Waals surface area contributed by atoms with Crippen molar-refractivity contribution in [1.82, 2.24) is 14.5 Å². The average molecular weight is 294 g/mol. The number of rotatable bonds is 6. The van der Waals surface area contributed by atoms with Gasteiger partial charge in [-0.15, -0.1) is 11.3 Å². The number of nitrogens with zero attached hydrogens (tertiary/aromatic N) is 3. The summed E-state index contributed by atoms with van der Waals surface area (Å²) in [7, 11) is 0. The quantitative estimate of drug-likeness (QED) is 0.816. The van der Waals surface area contributed by atoms with Crippen LogP contribution in [0.25, 0.3) is 0 Å². The first kappa shape index (κ1) is 14.2. The third-order valence-corrected chi connectivity index (χ3v) is 3.52. The molecule has 0 spiro atoms. The molecule has 20 heavy (non-hydrogen) atoms. The highest BCUT2D eigenvalue weighted by Crippen LogP contribution is 2.11. The van der Waals surface area contributed by atoms with Gasteiger partial charge in [-0.25, -0.2) is 9.97 Å². The van der Waals surface area contributed by atoms with Gasteiger partial charge < -0.3 is 10.4 Å². The molecular weight excluding hydrogens is 280 g/mol. The third kappa shape index (κ3) is 3.64. The van der Waals surface area contributed by atoms with Crippen LogP contribution >= 0.6 is 11.3 Å². The Labute approximate surface area is 118 Å². The number of hydrogen-bond donors (Lipinski definition) is 2. The van der Waals surface area contributed by atoms with Crippen molar-refractivity contribution >= 4 is 23.1 Å². The Kier molecular flexibility index (Phi) is 4.46. The van der Waals surface area contributed by atoms with E-state index >= 15 is 0 Å². The molecule has 0 unspecified atom stereocenters. The molecular formula is C12H14N4O3S. The lowest BCUT2D eigenvalue weighted by molar-refractivity contribution is -0.137. The molecule has 2 N–H and O–H groups in total. The van der Waals surface area contributed by atoms with E-state index in [0.29, 0.717) is 6.54 Å². The number of nitrogens with one attached hydrogen (secondary N) is 1. The minimum atomic E-state index is -1.07. The fraction of sp³-hybridized carbons (Fsp3) is 0.333. The van der Waals surface area contributed by atoms with Crippen molar-refractivity contribution < 1.29 is 9.90 Å². The average Bonchev–Trinajstić information content (AvgIpc) is 2.79. The molecule has 2 heterocycles. The van der Waals surface area contributed by atoms with Crippen LogP contribution in [0.4, 0.5) is 5.82 Å². The molecule has 2 rings (SSSR count). The number of carboxylic acid groups (broad SMARTS) is 1. The summed E-state index contributed by atoms with van der Waals surface area (Å²) in [6.07, 6.45) is 5.31. The summed E-state index contributed by atoms with van der Waals surface area (Å²) in [5.41, 5.74) is -0.435. The lowest BCUT2D eigenvalue weighted by Crippen LogP contribution is -2.27. The molecule has 0 amide bonds. The molecule has 0 atom stereocenters. The monoisotopic (exact) mass is 294 g/mol. The maximum Gasteiger partial charge on any atom is 0.323 e. The molecule has 8 heteroatoms. The molecule has 0 aliphatic carbocycles. The first-order chi connectivity index (χ1) is 9.56. The summed E-state index contributed by atoms with van der Waals surface area (Å²) in [6.45, 7) is 2.11. The molecule has 7 nitrogen and oxygen atoms in total. The van der Waals surface area contributed by atoms with Crippen LogP contribution in [0.3, 0.4) is 0 Å². The maximum atomic E-state index is 11.9. The van der Waals surface area contributed by atoms with Crippen molar-refractivity contribution in [1.29, 1.82) is 0 Å². The molecule has 0 saturated heterocycles. The van der Waals surface area contributed by atoms with E-state index in [1.54, 1.807) is 11.3 Å². The minimum Gasteiger partial charge on any atom is -0.480 e. The number of hydrogen-bond acceptors (Lipinski definition) is 6. The van der Waals surface area contributed by atoms with Crippen molar-refractivity contribution in [3.63, 3.8) is 0 Å². The number of thiazole rings is 1. The van der Waals surface area contributed by atoms with Crippen molar-refractivity contribution in [2.75, 3.05) is 11.9 Å². The van der Waals surface area contributed by atoms with Gasteiger partial charge in [-0.3, -0.25) is 14.2 Å². The fourth-order valence-electron chi connectivity index (χ4n) is 1.66. The van der Waals surface area contributed by atoms with Crippen LogP contribution < -0.4 is 10.9 Å². The zero-order valence-electron chi connectivity index (χ0n) is 10.9. The second-order valence-corrected chi connectivity index (χ2v) is 5.44. The minimum absolute atomic E-state index is 0.162. The van der Waals surface area contributed by atoms with Gasteiger partial charge in [0.1, 0.15) is 6.54 Å². The number of carbonyl (C=O) groups is 1. The molecule has 0 aliphatic rings. The summed E-state index contributed by atoms with van der Waals surface area (Å²) < 4.78 is 1.11. The van der Waals surface area contributed by atoms with Crippen molar-refractivity contribution in [2.24, 2.45) is 0 Å². The molecule has 0 aliphatic heterocycles. The zero-order valence-corrected chi connectivity index (χ0v) is 11.7. The number of aryl methyl sites for hydroxylation is 1. The molecule has 2 aromatic rings. The van der Waals surface area contributed by atoms with E-state index in [4.69, 9.17) is 5.11 Å². The van der Waals surface area contributed by atoms with E-state index in [1.165, 1.54) is 12.4 Å². The predicted molar refractivity (Wildman–Crippen MR) is 75.2 cm³/mol. The smallest absolute Gasteiger partial charge is 0.323 e. The maximum absolute atomic E-state index is 11.9. The second-order valence-electron chi connectivity index (χ2n) is 4.13. The van der Waals surface area contributed by atoms with E-state index < -0.39 is 11.5 Å². The van der Waals surface area contributed by atoms with Crippen LogP contribution in [0.2, 0.25) is 0 Å². The normalized spacial score (nSPS) is 10.4.